The van der Waals surface area contributed by atoms with E-state index in [1.807, 2.05) is 83.5 Å². The maximum Gasteiger partial charge on any atom is 0.326 e. The number of amidine groups is 1. The molecule has 326 valence electrons. The molecule has 4 aromatic rings. The van der Waals surface area contributed by atoms with Gasteiger partial charge >= 0.3 is 6.03 Å². The van der Waals surface area contributed by atoms with Crippen molar-refractivity contribution in [2.75, 3.05) is 39.3 Å². The first-order valence-electron chi connectivity index (χ1n) is 21.7. The molecule has 0 bridgehead atoms. The van der Waals surface area contributed by atoms with Crippen molar-refractivity contribution in [2.24, 2.45) is 4.99 Å². The monoisotopic (exact) mass is 886 g/mol. The van der Waals surface area contributed by atoms with E-state index in [1.54, 1.807) is 11.0 Å². The van der Waals surface area contributed by atoms with Crippen LogP contribution in [0.1, 0.15) is 109 Å². The van der Waals surface area contributed by atoms with Crippen LogP contribution in [0, 0.1) is 11.8 Å². The summed E-state index contributed by atoms with van der Waals surface area (Å²) in [7, 11) is 0. The molecule has 3 atom stereocenters. The molecular weight excluding hydrogens is 835 g/mol. The van der Waals surface area contributed by atoms with Gasteiger partial charge in [-0.15, -0.1) is 0 Å². The van der Waals surface area contributed by atoms with Gasteiger partial charge in [-0.05, 0) is 103 Å². The summed E-state index contributed by atoms with van der Waals surface area (Å²) in [5, 5.41) is 3.59. The largest absolute Gasteiger partial charge is 0.493 e. The lowest BCUT2D eigenvalue weighted by Gasteiger charge is -2.39. The average Bonchev–Trinajstić information content (AvgIpc) is 3.82. The first-order chi connectivity index (χ1) is 30.3. The lowest BCUT2D eigenvalue weighted by atomic mass is 9.86. The molecule has 1 N–H and O–H groups in total. The van der Waals surface area contributed by atoms with Crippen LogP contribution >= 0.6 is 23.2 Å². The molecule has 0 radical (unpaired) electrons. The van der Waals surface area contributed by atoms with Gasteiger partial charge in [-0.2, -0.15) is 0 Å². The standard InChI is InChI=1S/C50H52Cl2N6O5/c1-5-63-42-30-35(50(2,3)4)17-22-39(42)46-54-44(33-13-18-36(51)19-14-33)45(34-15-20-37(52)21-16-34)58(46)49(62)56-28-26-55(27-29-56)25-8-6-7-10-32-11-9-12-38-40(32)31-57(48(38)61)41-23-24-43(59)53-47(41)60/h9,11-22,30,41,44-45H,5-6,8,23-29,31H2,1-4H3,(H,53,59,60). The van der Waals surface area contributed by atoms with Crippen molar-refractivity contribution in [2.45, 2.75) is 83.5 Å². The number of rotatable bonds is 9. The van der Waals surface area contributed by atoms with Gasteiger partial charge in [0.2, 0.25) is 11.8 Å². The van der Waals surface area contributed by atoms with Crippen LogP contribution in [0.15, 0.2) is 89.9 Å². The van der Waals surface area contributed by atoms with Crippen LogP contribution in [-0.4, -0.2) is 94.6 Å². The second-order valence-electron chi connectivity index (χ2n) is 17.5. The number of piperazine rings is 1. The predicted octanol–water partition coefficient (Wildman–Crippen LogP) is 8.56. The zero-order valence-corrected chi connectivity index (χ0v) is 37.6. The maximum atomic E-state index is 15.1. The fourth-order valence-electron chi connectivity index (χ4n) is 8.87. The van der Waals surface area contributed by atoms with Crippen molar-refractivity contribution in [1.29, 1.82) is 0 Å². The smallest absolute Gasteiger partial charge is 0.326 e. The first kappa shape index (κ1) is 44.0. The Morgan fingerprint density at radius 1 is 0.889 bits per heavy atom. The van der Waals surface area contributed by atoms with Gasteiger partial charge in [-0.1, -0.05) is 92.2 Å². The van der Waals surface area contributed by atoms with E-state index in [1.165, 1.54) is 0 Å². The van der Waals surface area contributed by atoms with Crippen LogP contribution in [0.25, 0.3) is 0 Å². The van der Waals surface area contributed by atoms with Gasteiger partial charge < -0.3 is 14.5 Å². The number of nitrogens with one attached hydrogen (secondary N) is 1. The number of fused-ring (bicyclic) bond motifs is 1. The third-order valence-electron chi connectivity index (χ3n) is 12.3. The molecule has 3 unspecified atom stereocenters. The predicted molar refractivity (Wildman–Crippen MR) is 245 cm³/mol. The summed E-state index contributed by atoms with van der Waals surface area (Å²) in [5.74, 6) is 6.88. The number of nitrogens with zero attached hydrogens (tertiary/aromatic N) is 5. The topological polar surface area (TPSA) is 115 Å². The Balaban J connectivity index is 0.974. The van der Waals surface area contributed by atoms with Crippen molar-refractivity contribution >= 4 is 52.8 Å². The van der Waals surface area contributed by atoms with Crippen molar-refractivity contribution in [1.82, 2.24) is 24.9 Å². The van der Waals surface area contributed by atoms with E-state index < -0.39 is 24.0 Å². The summed E-state index contributed by atoms with van der Waals surface area (Å²) in [4.78, 5) is 65.7. The van der Waals surface area contributed by atoms with Crippen molar-refractivity contribution in [3.05, 3.63) is 134 Å². The summed E-state index contributed by atoms with van der Waals surface area (Å²) in [5.41, 5.74) is 5.76. The Bertz CT molecular complexity index is 2500. The number of hydrogen-bond donors (Lipinski definition) is 1. The molecular formula is C50H52Cl2N6O5. The van der Waals surface area contributed by atoms with E-state index in [0.29, 0.717) is 79.4 Å². The first-order valence-corrected chi connectivity index (χ1v) is 22.5. The molecule has 13 heteroatoms. The Morgan fingerprint density at radius 3 is 2.25 bits per heavy atom. The number of urea groups is 1. The number of unbranched alkanes of at least 4 members (excludes halogenated alkanes) is 1. The number of amides is 5. The molecule has 0 spiro atoms. The highest BCUT2D eigenvalue weighted by Gasteiger charge is 2.45. The van der Waals surface area contributed by atoms with Crippen LogP contribution in [-0.2, 0) is 21.5 Å². The van der Waals surface area contributed by atoms with Gasteiger partial charge in [0.15, 0.2) is 0 Å². The fourth-order valence-corrected chi connectivity index (χ4v) is 9.12. The molecule has 2 saturated heterocycles. The number of benzene rings is 4. The van der Waals surface area contributed by atoms with Gasteiger partial charge in [0.25, 0.3) is 5.91 Å². The Hall–Kier alpha value is -5.67. The number of ether oxygens (including phenoxy) is 1. The second kappa shape index (κ2) is 18.6. The number of hydrogen-bond acceptors (Lipinski definition) is 7. The molecule has 4 aliphatic heterocycles. The molecule has 11 nitrogen and oxygen atoms in total. The summed E-state index contributed by atoms with van der Waals surface area (Å²) in [6, 6.07) is 25.4. The van der Waals surface area contributed by atoms with E-state index in [-0.39, 0.29) is 29.7 Å². The maximum absolute atomic E-state index is 15.1. The minimum Gasteiger partial charge on any atom is -0.493 e. The fraction of sp³-hybridized carbons (Fsp3) is 0.380. The van der Waals surface area contributed by atoms with Crippen LogP contribution in [0.2, 0.25) is 10.0 Å². The number of aliphatic imine (C=N–C) groups is 1. The van der Waals surface area contributed by atoms with E-state index in [2.05, 4.69) is 55.0 Å². The molecule has 4 aliphatic rings. The molecule has 63 heavy (non-hydrogen) atoms. The van der Waals surface area contributed by atoms with Crippen LogP contribution in [0.4, 0.5) is 4.79 Å². The zero-order valence-electron chi connectivity index (χ0n) is 36.1. The van der Waals surface area contributed by atoms with Crippen molar-refractivity contribution in [3.63, 3.8) is 0 Å². The number of imide groups is 1. The highest BCUT2D eigenvalue weighted by Crippen LogP contribution is 2.46. The van der Waals surface area contributed by atoms with Crippen molar-refractivity contribution in [3.8, 4) is 17.6 Å². The summed E-state index contributed by atoms with van der Waals surface area (Å²) in [6.45, 7) is 12.5. The summed E-state index contributed by atoms with van der Waals surface area (Å²) < 4.78 is 6.30. The molecule has 8 rings (SSSR count). The normalized spacial score (nSPS) is 20.3. The van der Waals surface area contributed by atoms with Crippen molar-refractivity contribution < 1.29 is 23.9 Å². The number of carbonyl (C=O) groups excluding carboxylic acids is 4. The van der Waals surface area contributed by atoms with Gasteiger partial charge in [-0.3, -0.25) is 34.5 Å². The Kier molecular flexibility index (Phi) is 13.0. The third-order valence-corrected chi connectivity index (χ3v) is 12.8. The van der Waals surface area contributed by atoms with Crippen LogP contribution < -0.4 is 10.1 Å². The molecule has 0 aliphatic carbocycles. The molecule has 4 aromatic carbocycles. The van der Waals surface area contributed by atoms with Gasteiger partial charge in [0, 0.05) is 66.7 Å². The van der Waals surface area contributed by atoms with E-state index in [4.69, 9.17) is 32.9 Å². The van der Waals surface area contributed by atoms with E-state index in [0.717, 1.165) is 46.3 Å². The van der Waals surface area contributed by atoms with Gasteiger partial charge in [-0.25, -0.2) is 4.79 Å². The second-order valence-corrected chi connectivity index (χ2v) is 18.3. The molecule has 4 heterocycles. The SMILES string of the molecule is CCOc1cc(C(C)(C)C)ccc1C1=NC(c2ccc(Cl)cc2)C(c2ccc(Cl)cc2)N1C(=O)N1CCN(CCCC#Cc2cccc3c2CN(C2CCC(=O)NC2=O)C3=O)CC1. The molecule has 0 aromatic heterocycles. The summed E-state index contributed by atoms with van der Waals surface area (Å²) in [6.07, 6.45) is 2.03. The zero-order chi connectivity index (χ0) is 44.4. The highest BCUT2D eigenvalue weighted by molar-refractivity contribution is 6.30. The van der Waals surface area contributed by atoms with Gasteiger partial charge in [0.1, 0.15) is 23.7 Å². The third kappa shape index (κ3) is 9.35. The number of piperidine rings is 1. The molecule has 2 fully saturated rings. The lowest BCUT2D eigenvalue weighted by Crippen LogP contribution is -2.54. The Morgan fingerprint density at radius 2 is 1.59 bits per heavy atom. The van der Waals surface area contributed by atoms with E-state index in [9.17, 15) is 14.4 Å². The minimum atomic E-state index is -0.667. The van der Waals surface area contributed by atoms with Crippen LogP contribution in [0.5, 0.6) is 5.75 Å². The summed E-state index contributed by atoms with van der Waals surface area (Å²) >= 11 is 12.8. The number of halogens is 2. The lowest BCUT2D eigenvalue weighted by molar-refractivity contribution is -0.136. The number of carbonyl (C=O) groups is 4. The highest BCUT2D eigenvalue weighted by atomic mass is 35.5. The minimum absolute atomic E-state index is 0.117. The van der Waals surface area contributed by atoms with E-state index >= 15 is 4.79 Å². The van der Waals surface area contributed by atoms with Crippen LogP contribution in [0.3, 0.4) is 0 Å². The Labute approximate surface area is 379 Å². The quantitative estimate of drug-likeness (QED) is 0.102. The van der Waals surface area contributed by atoms with Gasteiger partial charge in [0.05, 0.1) is 18.2 Å². The average molecular weight is 888 g/mol. The molecule has 0 saturated carbocycles. The molecule has 5 amide bonds.